The normalized spacial score (nSPS) is 11.1. The van der Waals surface area contributed by atoms with Gasteiger partial charge in [0.2, 0.25) is 12.3 Å². The zero-order valence-electron chi connectivity index (χ0n) is 20.5. The van der Waals surface area contributed by atoms with Crippen molar-refractivity contribution in [3.63, 3.8) is 0 Å². The summed E-state index contributed by atoms with van der Waals surface area (Å²) in [5.74, 6) is 1.20. The number of nitrogens with zero attached hydrogens (tertiary/aromatic N) is 1. The quantitative estimate of drug-likeness (QED) is 0.287. The van der Waals surface area contributed by atoms with Crippen molar-refractivity contribution in [2.24, 2.45) is 5.73 Å². The molecule has 4 N–H and O–H groups in total. The molecule has 0 spiro atoms. The number of aryl methyl sites for hydroxylation is 3. The highest BCUT2D eigenvalue weighted by atomic mass is 19.4. The molecule has 2 aromatic carbocycles. The van der Waals surface area contributed by atoms with Gasteiger partial charge >= 0.3 is 6.18 Å². The average Bonchev–Trinajstić information content (AvgIpc) is 3.21. The van der Waals surface area contributed by atoms with Crippen LogP contribution >= 0.6 is 0 Å². The lowest BCUT2D eigenvalue weighted by molar-refractivity contribution is -0.109. The zero-order chi connectivity index (χ0) is 26.9. The molecule has 3 rings (SSSR count). The number of benzene rings is 2. The van der Waals surface area contributed by atoms with Crippen molar-refractivity contribution in [1.82, 2.24) is 10.3 Å². The molecule has 0 aliphatic rings. The van der Waals surface area contributed by atoms with Gasteiger partial charge < -0.3 is 20.2 Å². The number of hydrogen-bond acceptors (Lipinski definition) is 6. The number of carbonyl (C=O) groups is 1. The first-order valence-electron chi connectivity index (χ1n) is 10.9. The predicted octanol–water partition coefficient (Wildman–Crippen LogP) is 5.26. The molecule has 1 heterocycles. The minimum atomic E-state index is -4.71. The van der Waals surface area contributed by atoms with Crippen LogP contribution in [0.25, 0.3) is 17.5 Å². The Kier molecular flexibility index (Phi) is 9.98. The number of rotatable bonds is 8. The van der Waals surface area contributed by atoms with Crippen LogP contribution in [0.2, 0.25) is 0 Å². The van der Waals surface area contributed by atoms with Crippen LogP contribution < -0.4 is 15.8 Å². The van der Waals surface area contributed by atoms with Crippen LogP contribution in [-0.4, -0.2) is 30.4 Å². The average molecular weight is 503 g/mol. The monoisotopic (exact) mass is 502 g/mol. The third-order valence-electron chi connectivity index (χ3n) is 5.18. The fourth-order valence-corrected chi connectivity index (χ4v) is 3.20. The number of halogens is 3. The number of carbonyl (C=O) groups excluding carboxylic acids is 1. The van der Waals surface area contributed by atoms with Gasteiger partial charge in [0.25, 0.3) is 0 Å². The third kappa shape index (κ3) is 7.81. The Balaban J connectivity index is 0.000000319. The summed E-state index contributed by atoms with van der Waals surface area (Å²) in [6, 6.07) is 11.0. The molecule has 1 aromatic heterocycles. The Hall–Kier alpha value is -3.92. The van der Waals surface area contributed by atoms with E-state index in [4.69, 9.17) is 20.3 Å². The van der Waals surface area contributed by atoms with E-state index in [1.54, 1.807) is 19.1 Å². The Bertz CT molecular complexity index is 1230. The molecular formula is C26H29F3N4O3. The molecule has 7 nitrogen and oxygen atoms in total. The van der Waals surface area contributed by atoms with E-state index in [0.29, 0.717) is 41.0 Å². The second-order valence-electron chi connectivity index (χ2n) is 7.86. The van der Waals surface area contributed by atoms with E-state index in [2.05, 4.69) is 36.3 Å². The third-order valence-corrected chi connectivity index (χ3v) is 5.18. The van der Waals surface area contributed by atoms with E-state index in [0.717, 1.165) is 6.41 Å². The fraction of sp³-hybridized carbons (Fsp3) is 0.269. The molecule has 0 aliphatic carbocycles. The maximum Gasteiger partial charge on any atom is 0.432 e. The Morgan fingerprint density at radius 1 is 1.19 bits per heavy atom. The molecule has 0 bridgehead atoms. The number of ether oxygens (including phenoxy) is 1. The van der Waals surface area contributed by atoms with Crippen molar-refractivity contribution < 1.29 is 27.1 Å². The van der Waals surface area contributed by atoms with E-state index >= 15 is 0 Å². The summed E-state index contributed by atoms with van der Waals surface area (Å²) in [6.07, 6.45) is -2.13. The second-order valence-corrected chi connectivity index (χ2v) is 7.86. The number of nitrogens with one attached hydrogen (secondary N) is 2. The Morgan fingerprint density at radius 2 is 1.92 bits per heavy atom. The minimum absolute atomic E-state index is 0.166. The van der Waals surface area contributed by atoms with Gasteiger partial charge in [0.15, 0.2) is 0 Å². The van der Waals surface area contributed by atoms with Crippen LogP contribution in [0.15, 0.2) is 46.9 Å². The summed E-state index contributed by atoms with van der Waals surface area (Å²) in [5, 5.41) is 9.68. The minimum Gasteiger partial charge on any atom is -0.497 e. The molecule has 0 aliphatic heterocycles. The van der Waals surface area contributed by atoms with Gasteiger partial charge in [-0.05, 0) is 61.7 Å². The lowest BCUT2D eigenvalue weighted by Gasteiger charge is -2.07. The number of oxazole rings is 1. The van der Waals surface area contributed by atoms with E-state index < -0.39 is 11.9 Å². The Labute approximate surface area is 207 Å². The first-order chi connectivity index (χ1) is 17.0. The SMILES string of the molecule is COc1ccc(-c2nc(C)c(CN)o2)c(/C=C\C(=N)C(F)(F)F)c1.Cc1ccc(CNC=O)c(C)c1. The summed E-state index contributed by atoms with van der Waals surface area (Å²) >= 11 is 0. The van der Waals surface area contributed by atoms with E-state index in [1.165, 1.54) is 35.9 Å². The van der Waals surface area contributed by atoms with Gasteiger partial charge in [0.1, 0.15) is 17.2 Å². The van der Waals surface area contributed by atoms with Crippen molar-refractivity contribution in [3.05, 3.63) is 76.2 Å². The molecule has 3 aromatic rings. The van der Waals surface area contributed by atoms with Crippen LogP contribution in [0.3, 0.4) is 0 Å². The fourth-order valence-electron chi connectivity index (χ4n) is 3.20. The van der Waals surface area contributed by atoms with Crippen LogP contribution in [0, 0.1) is 26.2 Å². The second kappa shape index (κ2) is 12.7. The Morgan fingerprint density at radius 3 is 2.47 bits per heavy atom. The molecule has 0 saturated carbocycles. The number of allylic oxidation sites excluding steroid dienone is 1. The number of methoxy groups -OCH3 is 1. The van der Waals surface area contributed by atoms with Crippen molar-refractivity contribution >= 4 is 18.2 Å². The number of alkyl halides is 3. The standard InChI is InChI=1S/C16H16F3N3O2.C10H13NO/c1-9-13(8-20)24-15(22-9)12-5-4-11(23-2)7-10(12)3-6-14(21)16(17,18)19;1-8-3-4-10(6-11-7-12)9(2)5-8/h3-7,21H,8,20H2,1-2H3;3-5,7H,6H2,1-2H3,(H,11,12)/b6-3-,21-14?;. The van der Waals surface area contributed by atoms with Crippen LogP contribution in [0.5, 0.6) is 5.75 Å². The van der Waals surface area contributed by atoms with Gasteiger partial charge in [0, 0.05) is 12.1 Å². The zero-order valence-corrected chi connectivity index (χ0v) is 20.5. The molecule has 0 radical (unpaired) electrons. The van der Waals surface area contributed by atoms with Crippen LogP contribution in [0.1, 0.15) is 33.7 Å². The van der Waals surface area contributed by atoms with Gasteiger partial charge in [-0.15, -0.1) is 0 Å². The van der Waals surface area contributed by atoms with Gasteiger partial charge in [-0.1, -0.05) is 29.8 Å². The summed E-state index contributed by atoms with van der Waals surface area (Å²) in [7, 11) is 1.45. The molecule has 0 atom stereocenters. The molecular weight excluding hydrogens is 473 g/mol. The molecule has 1 amide bonds. The lowest BCUT2D eigenvalue weighted by Crippen LogP contribution is -2.19. The molecule has 0 saturated heterocycles. The predicted molar refractivity (Wildman–Crippen MR) is 133 cm³/mol. The van der Waals surface area contributed by atoms with Crippen molar-refractivity contribution in [3.8, 4) is 17.2 Å². The summed E-state index contributed by atoms with van der Waals surface area (Å²) < 4.78 is 48.1. The molecule has 192 valence electrons. The van der Waals surface area contributed by atoms with Gasteiger partial charge in [0.05, 0.1) is 19.3 Å². The summed E-state index contributed by atoms with van der Waals surface area (Å²) in [5.41, 5.74) is 9.22. The number of hydrogen-bond donors (Lipinski definition) is 3. The first-order valence-corrected chi connectivity index (χ1v) is 10.9. The van der Waals surface area contributed by atoms with Gasteiger partial charge in [-0.25, -0.2) is 4.98 Å². The lowest BCUT2D eigenvalue weighted by atomic mass is 10.1. The first kappa shape index (κ1) is 28.3. The highest BCUT2D eigenvalue weighted by Gasteiger charge is 2.32. The maximum atomic E-state index is 12.5. The molecule has 36 heavy (non-hydrogen) atoms. The topological polar surface area (TPSA) is 114 Å². The number of aromatic nitrogens is 1. The van der Waals surface area contributed by atoms with Crippen LogP contribution in [0.4, 0.5) is 13.2 Å². The molecule has 10 heteroatoms. The smallest absolute Gasteiger partial charge is 0.432 e. The van der Waals surface area contributed by atoms with Crippen LogP contribution in [-0.2, 0) is 17.9 Å². The number of nitrogens with two attached hydrogens (primary N) is 1. The largest absolute Gasteiger partial charge is 0.497 e. The number of amides is 1. The van der Waals surface area contributed by atoms with Crippen molar-refractivity contribution in [2.75, 3.05) is 7.11 Å². The molecule has 0 fully saturated rings. The highest BCUT2D eigenvalue weighted by molar-refractivity contribution is 6.00. The van der Waals surface area contributed by atoms with E-state index in [-0.39, 0.29) is 12.4 Å². The van der Waals surface area contributed by atoms with E-state index in [9.17, 15) is 18.0 Å². The summed E-state index contributed by atoms with van der Waals surface area (Å²) in [4.78, 5) is 14.3. The van der Waals surface area contributed by atoms with Crippen molar-refractivity contribution in [1.29, 1.82) is 5.41 Å². The summed E-state index contributed by atoms with van der Waals surface area (Å²) in [6.45, 7) is 6.63. The molecule has 0 unspecified atom stereocenters. The highest BCUT2D eigenvalue weighted by Crippen LogP contribution is 2.30. The van der Waals surface area contributed by atoms with Gasteiger partial charge in [-0.2, -0.15) is 13.2 Å². The van der Waals surface area contributed by atoms with Crippen molar-refractivity contribution in [2.45, 2.75) is 40.0 Å². The van der Waals surface area contributed by atoms with Gasteiger partial charge in [-0.3, -0.25) is 10.2 Å². The maximum absolute atomic E-state index is 12.5. The van der Waals surface area contributed by atoms with E-state index in [1.807, 2.05) is 6.07 Å².